The first-order valence-electron chi connectivity index (χ1n) is 10.9. The molecule has 0 spiro atoms. The van der Waals surface area contributed by atoms with E-state index in [0.29, 0.717) is 30.2 Å². The van der Waals surface area contributed by atoms with Gasteiger partial charge in [-0.15, -0.1) is 0 Å². The second kappa shape index (κ2) is 9.23. The Morgan fingerprint density at radius 3 is 2.88 bits per heavy atom. The van der Waals surface area contributed by atoms with Gasteiger partial charge in [0, 0.05) is 12.8 Å². The summed E-state index contributed by atoms with van der Waals surface area (Å²) in [6, 6.07) is 0.0118. The van der Waals surface area contributed by atoms with E-state index in [0.717, 1.165) is 6.42 Å². The number of ether oxygens (including phenoxy) is 3. The number of carbonyl (C=O) groups excluding carboxylic acids is 1. The Hall–Kier alpha value is -3.17. The van der Waals surface area contributed by atoms with Crippen LogP contribution in [0.1, 0.15) is 29.9 Å². The molecule has 5 rings (SSSR count). The SMILES string of the molecule is CCOC(=O)c1cnn(-c2nc(N[C@@H]3CCOC3)c3ncn([C@@H]4O[C@H](CO)[C@@H](O)[C@@H]4O)c3n2)c1. The normalized spacial score (nSPS) is 26.9. The molecule has 0 aromatic carbocycles. The first-order chi connectivity index (χ1) is 16.5. The van der Waals surface area contributed by atoms with Crippen LogP contribution >= 0.6 is 0 Å². The minimum Gasteiger partial charge on any atom is -0.462 e. The topological polar surface area (TPSA) is 179 Å². The van der Waals surface area contributed by atoms with Gasteiger partial charge in [0.05, 0.1) is 44.0 Å². The fraction of sp³-hybridized carbons (Fsp3) is 0.550. The molecule has 0 radical (unpaired) electrons. The first-order valence-corrected chi connectivity index (χ1v) is 10.9. The van der Waals surface area contributed by atoms with Gasteiger partial charge in [0.2, 0.25) is 0 Å². The van der Waals surface area contributed by atoms with Gasteiger partial charge in [-0.3, -0.25) is 4.57 Å². The molecule has 4 N–H and O–H groups in total. The van der Waals surface area contributed by atoms with Crippen LogP contribution < -0.4 is 5.32 Å². The molecule has 3 aromatic rings. The lowest BCUT2D eigenvalue weighted by atomic mass is 10.1. The Morgan fingerprint density at radius 2 is 2.18 bits per heavy atom. The van der Waals surface area contributed by atoms with Crippen LogP contribution in [0.25, 0.3) is 17.1 Å². The average molecular weight is 475 g/mol. The number of fused-ring (bicyclic) bond motifs is 1. The van der Waals surface area contributed by atoms with Crippen molar-refractivity contribution in [2.75, 3.05) is 31.7 Å². The molecule has 0 unspecified atom stereocenters. The van der Waals surface area contributed by atoms with Crippen LogP contribution in [0.4, 0.5) is 5.82 Å². The van der Waals surface area contributed by atoms with Crippen LogP contribution in [0.2, 0.25) is 0 Å². The van der Waals surface area contributed by atoms with E-state index in [1.54, 1.807) is 6.92 Å². The van der Waals surface area contributed by atoms with Crippen LogP contribution in [0.3, 0.4) is 0 Å². The minimum atomic E-state index is -1.31. The van der Waals surface area contributed by atoms with Crippen molar-refractivity contribution in [1.29, 1.82) is 0 Å². The van der Waals surface area contributed by atoms with Gasteiger partial charge in [-0.25, -0.2) is 14.5 Å². The summed E-state index contributed by atoms with van der Waals surface area (Å²) >= 11 is 0. The zero-order valence-electron chi connectivity index (χ0n) is 18.3. The van der Waals surface area contributed by atoms with Crippen molar-refractivity contribution in [1.82, 2.24) is 29.3 Å². The first kappa shape index (κ1) is 22.6. The van der Waals surface area contributed by atoms with Crippen LogP contribution in [-0.2, 0) is 14.2 Å². The Kier molecular flexibility index (Phi) is 6.14. The molecule has 3 aromatic heterocycles. The molecule has 5 heterocycles. The molecule has 0 amide bonds. The summed E-state index contributed by atoms with van der Waals surface area (Å²) < 4.78 is 18.9. The highest BCUT2D eigenvalue weighted by Crippen LogP contribution is 2.33. The molecule has 14 nitrogen and oxygen atoms in total. The van der Waals surface area contributed by atoms with Gasteiger partial charge in [0.15, 0.2) is 23.2 Å². The highest BCUT2D eigenvalue weighted by Gasteiger charge is 2.44. The number of carbonyl (C=O) groups is 1. The summed E-state index contributed by atoms with van der Waals surface area (Å²) in [7, 11) is 0. The maximum absolute atomic E-state index is 12.1. The summed E-state index contributed by atoms with van der Waals surface area (Å²) in [6.07, 6.45) is 0.438. The number of aliphatic hydroxyl groups excluding tert-OH is 3. The Morgan fingerprint density at radius 1 is 1.32 bits per heavy atom. The molecule has 2 fully saturated rings. The highest BCUT2D eigenvalue weighted by molar-refractivity contribution is 5.89. The van der Waals surface area contributed by atoms with Crippen LogP contribution in [0, 0.1) is 0 Å². The smallest absolute Gasteiger partial charge is 0.341 e. The monoisotopic (exact) mass is 475 g/mol. The predicted octanol–water partition coefficient (Wildman–Crippen LogP) is -0.999. The van der Waals surface area contributed by atoms with Crippen LogP contribution in [0.5, 0.6) is 0 Å². The molecule has 0 bridgehead atoms. The summed E-state index contributed by atoms with van der Waals surface area (Å²) in [5, 5.41) is 37.6. The van der Waals surface area contributed by atoms with E-state index in [9.17, 15) is 20.1 Å². The van der Waals surface area contributed by atoms with Crippen molar-refractivity contribution >= 4 is 23.0 Å². The third kappa shape index (κ3) is 3.99. The van der Waals surface area contributed by atoms with Gasteiger partial charge < -0.3 is 34.8 Å². The summed E-state index contributed by atoms with van der Waals surface area (Å²) in [6.45, 7) is 2.61. The van der Waals surface area contributed by atoms with Crippen molar-refractivity contribution in [2.45, 2.75) is 43.9 Å². The van der Waals surface area contributed by atoms with Gasteiger partial charge in [0.1, 0.15) is 18.3 Å². The molecule has 0 aliphatic carbocycles. The number of imidazole rings is 1. The highest BCUT2D eigenvalue weighted by atomic mass is 16.6. The number of nitrogens with zero attached hydrogens (tertiary/aromatic N) is 6. The summed E-state index contributed by atoms with van der Waals surface area (Å²) in [5.74, 6) is 0.0277. The van der Waals surface area contributed by atoms with Gasteiger partial charge in [-0.2, -0.15) is 15.1 Å². The van der Waals surface area contributed by atoms with E-state index in [2.05, 4.69) is 25.4 Å². The van der Waals surface area contributed by atoms with E-state index in [1.807, 2.05) is 0 Å². The largest absolute Gasteiger partial charge is 0.462 e. The average Bonchev–Trinajstić information content (AvgIpc) is 3.62. The lowest BCUT2D eigenvalue weighted by molar-refractivity contribution is -0.0511. The van der Waals surface area contributed by atoms with Gasteiger partial charge in [-0.05, 0) is 13.3 Å². The zero-order valence-corrected chi connectivity index (χ0v) is 18.3. The maximum Gasteiger partial charge on any atom is 0.341 e. The number of aliphatic hydroxyl groups is 3. The standard InChI is InChI=1S/C20H25N7O7/c1-2-33-19(31)10-5-22-27(6-10)20-24-16(23-11-3-4-32-8-11)13-17(25-20)26(9-21-13)18-15(30)14(29)12(7-28)34-18/h5-6,9,11-12,14-15,18,28-30H,2-4,7-8H2,1H3,(H,23,24,25)/t11-,12-,14-,15+,18-/m1/s1. The molecule has 2 saturated heterocycles. The van der Waals surface area contributed by atoms with Crippen molar-refractivity contribution in [3.8, 4) is 5.95 Å². The summed E-state index contributed by atoms with van der Waals surface area (Å²) in [4.78, 5) is 25.6. The molecule has 5 atom stereocenters. The van der Waals surface area contributed by atoms with E-state index >= 15 is 0 Å². The van der Waals surface area contributed by atoms with Crippen LogP contribution in [-0.4, -0.2) is 101 Å². The van der Waals surface area contributed by atoms with Crippen molar-refractivity contribution in [2.24, 2.45) is 0 Å². The molecular formula is C20H25N7O7. The minimum absolute atomic E-state index is 0.0118. The molecule has 2 aliphatic rings. The Labute approximate surface area is 193 Å². The lowest BCUT2D eigenvalue weighted by Crippen LogP contribution is -2.33. The quantitative estimate of drug-likeness (QED) is 0.307. The maximum atomic E-state index is 12.1. The van der Waals surface area contributed by atoms with E-state index < -0.39 is 37.1 Å². The number of rotatable bonds is 7. The van der Waals surface area contributed by atoms with Gasteiger partial charge >= 0.3 is 5.97 Å². The molecule has 14 heteroatoms. The predicted molar refractivity (Wildman–Crippen MR) is 114 cm³/mol. The second-order valence-electron chi connectivity index (χ2n) is 8.02. The van der Waals surface area contributed by atoms with Crippen molar-refractivity contribution in [3.05, 3.63) is 24.3 Å². The molecule has 34 heavy (non-hydrogen) atoms. The zero-order chi connectivity index (χ0) is 23.8. The van der Waals surface area contributed by atoms with E-state index in [1.165, 1.54) is 28.0 Å². The molecule has 2 aliphatic heterocycles. The Bertz CT molecular complexity index is 1180. The number of hydrogen-bond donors (Lipinski definition) is 4. The van der Waals surface area contributed by atoms with Crippen molar-refractivity contribution in [3.63, 3.8) is 0 Å². The molecular weight excluding hydrogens is 450 g/mol. The Balaban J connectivity index is 1.57. The molecule has 0 saturated carbocycles. The van der Waals surface area contributed by atoms with Crippen molar-refractivity contribution < 1.29 is 34.3 Å². The number of aromatic nitrogens is 6. The fourth-order valence-electron chi connectivity index (χ4n) is 4.00. The number of hydrogen-bond acceptors (Lipinski definition) is 12. The van der Waals surface area contributed by atoms with Crippen LogP contribution in [0.15, 0.2) is 18.7 Å². The third-order valence-electron chi connectivity index (χ3n) is 5.77. The summed E-state index contributed by atoms with van der Waals surface area (Å²) in [5.41, 5.74) is 0.946. The van der Waals surface area contributed by atoms with Gasteiger partial charge in [0.25, 0.3) is 5.95 Å². The number of esters is 1. The van der Waals surface area contributed by atoms with E-state index in [4.69, 9.17) is 14.2 Å². The molecule has 182 valence electrons. The fourth-order valence-corrected chi connectivity index (χ4v) is 4.00. The number of nitrogens with one attached hydrogen (secondary N) is 1. The second-order valence-corrected chi connectivity index (χ2v) is 8.02. The number of anilines is 1. The third-order valence-corrected chi connectivity index (χ3v) is 5.77. The van der Waals surface area contributed by atoms with Gasteiger partial charge in [-0.1, -0.05) is 0 Å². The van der Waals surface area contributed by atoms with E-state index in [-0.39, 0.29) is 24.2 Å². The lowest BCUT2D eigenvalue weighted by Gasteiger charge is -2.17.